The molecule has 0 bridgehead atoms. The van der Waals surface area contributed by atoms with Gasteiger partial charge in [-0.05, 0) is 50.4 Å². The SMILES string of the molecule is C=CCCCC(NCCC)c1cc(OC)ccc1OC. The third-order valence-electron chi connectivity index (χ3n) is 3.35. The van der Waals surface area contributed by atoms with Gasteiger partial charge in [0.1, 0.15) is 11.5 Å². The molecule has 3 heteroatoms. The molecular weight excluding hydrogens is 250 g/mol. The van der Waals surface area contributed by atoms with Crippen LogP contribution in [0.25, 0.3) is 0 Å². The van der Waals surface area contributed by atoms with Crippen molar-refractivity contribution in [1.29, 1.82) is 0 Å². The molecular formula is C17H27NO2. The Hall–Kier alpha value is -1.48. The lowest BCUT2D eigenvalue weighted by Crippen LogP contribution is -2.22. The highest BCUT2D eigenvalue weighted by atomic mass is 16.5. The zero-order valence-corrected chi connectivity index (χ0v) is 12.9. The molecule has 112 valence electrons. The second-order valence-electron chi connectivity index (χ2n) is 4.83. The van der Waals surface area contributed by atoms with Gasteiger partial charge in [0.2, 0.25) is 0 Å². The van der Waals surface area contributed by atoms with Gasteiger partial charge >= 0.3 is 0 Å². The third-order valence-corrected chi connectivity index (χ3v) is 3.35. The molecule has 0 saturated heterocycles. The van der Waals surface area contributed by atoms with E-state index in [4.69, 9.17) is 9.47 Å². The van der Waals surface area contributed by atoms with Crippen molar-refractivity contribution in [3.05, 3.63) is 36.4 Å². The van der Waals surface area contributed by atoms with Crippen LogP contribution in [0.1, 0.15) is 44.2 Å². The quantitative estimate of drug-likeness (QED) is 0.516. The van der Waals surface area contributed by atoms with Crippen LogP contribution >= 0.6 is 0 Å². The fraction of sp³-hybridized carbons (Fsp3) is 0.529. The third kappa shape index (κ3) is 4.89. The molecule has 0 amide bonds. The molecule has 1 unspecified atom stereocenters. The Balaban J connectivity index is 2.93. The van der Waals surface area contributed by atoms with E-state index in [2.05, 4.69) is 24.9 Å². The second-order valence-corrected chi connectivity index (χ2v) is 4.83. The summed E-state index contributed by atoms with van der Waals surface area (Å²) < 4.78 is 10.8. The number of unbranched alkanes of at least 4 members (excludes halogenated alkanes) is 1. The summed E-state index contributed by atoms with van der Waals surface area (Å²) in [5, 5.41) is 3.60. The van der Waals surface area contributed by atoms with Crippen LogP contribution < -0.4 is 14.8 Å². The minimum Gasteiger partial charge on any atom is -0.497 e. The van der Waals surface area contributed by atoms with Gasteiger partial charge in [0, 0.05) is 11.6 Å². The highest BCUT2D eigenvalue weighted by molar-refractivity contribution is 5.42. The maximum Gasteiger partial charge on any atom is 0.123 e. The Morgan fingerprint density at radius 1 is 1.30 bits per heavy atom. The summed E-state index contributed by atoms with van der Waals surface area (Å²) in [6, 6.07) is 6.27. The molecule has 0 fully saturated rings. The number of methoxy groups -OCH3 is 2. The Morgan fingerprint density at radius 2 is 2.10 bits per heavy atom. The highest BCUT2D eigenvalue weighted by Gasteiger charge is 2.16. The first-order chi connectivity index (χ1) is 9.76. The van der Waals surface area contributed by atoms with Crippen LogP contribution in [0.5, 0.6) is 11.5 Å². The summed E-state index contributed by atoms with van der Waals surface area (Å²) >= 11 is 0. The summed E-state index contributed by atoms with van der Waals surface area (Å²) in [5.74, 6) is 1.78. The van der Waals surface area contributed by atoms with Gasteiger partial charge in [-0.25, -0.2) is 0 Å². The predicted molar refractivity (Wildman–Crippen MR) is 84.6 cm³/mol. The lowest BCUT2D eigenvalue weighted by molar-refractivity contribution is 0.384. The zero-order valence-electron chi connectivity index (χ0n) is 12.9. The van der Waals surface area contributed by atoms with Crippen molar-refractivity contribution < 1.29 is 9.47 Å². The first kappa shape index (κ1) is 16.6. The number of hydrogen-bond donors (Lipinski definition) is 1. The molecule has 0 aliphatic heterocycles. The molecule has 0 spiro atoms. The van der Waals surface area contributed by atoms with Crippen LogP contribution in [0.2, 0.25) is 0 Å². The smallest absolute Gasteiger partial charge is 0.123 e. The van der Waals surface area contributed by atoms with E-state index in [0.717, 1.165) is 43.7 Å². The first-order valence-corrected chi connectivity index (χ1v) is 7.33. The van der Waals surface area contributed by atoms with Crippen molar-refractivity contribution in [3.8, 4) is 11.5 Å². The largest absolute Gasteiger partial charge is 0.497 e. The van der Waals surface area contributed by atoms with Gasteiger partial charge in [0.15, 0.2) is 0 Å². The molecule has 1 aromatic carbocycles. The second kappa shape index (κ2) is 9.43. The van der Waals surface area contributed by atoms with Gasteiger partial charge in [-0.2, -0.15) is 0 Å². The van der Waals surface area contributed by atoms with E-state index in [-0.39, 0.29) is 0 Å². The van der Waals surface area contributed by atoms with Crippen LogP contribution in [-0.4, -0.2) is 20.8 Å². The average Bonchev–Trinajstić information content (AvgIpc) is 2.50. The van der Waals surface area contributed by atoms with Gasteiger partial charge < -0.3 is 14.8 Å². The lowest BCUT2D eigenvalue weighted by Gasteiger charge is -2.21. The highest BCUT2D eigenvalue weighted by Crippen LogP contribution is 2.32. The molecule has 3 nitrogen and oxygen atoms in total. The molecule has 1 atom stereocenters. The fourth-order valence-electron chi connectivity index (χ4n) is 2.26. The Bertz CT molecular complexity index is 404. The zero-order chi connectivity index (χ0) is 14.8. The Kier molecular flexibility index (Phi) is 7.81. The van der Waals surface area contributed by atoms with Crippen molar-refractivity contribution in [1.82, 2.24) is 5.32 Å². The van der Waals surface area contributed by atoms with Crippen LogP contribution in [-0.2, 0) is 0 Å². The number of allylic oxidation sites excluding steroid dienone is 1. The topological polar surface area (TPSA) is 30.5 Å². The molecule has 0 aliphatic carbocycles. The maximum atomic E-state index is 5.50. The summed E-state index contributed by atoms with van der Waals surface area (Å²) in [7, 11) is 3.41. The molecule has 1 aromatic rings. The molecule has 0 radical (unpaired) electrons. The monoisotopic (exact) mass is 277 g/mol. The summed E-state index contributed by atoms with van der Waals surface area (Å²) in [6.45, 7) is 6.96. The van der Waals surface area contributed by atoms with Gasteiger partial charge in [0.25, 0.3) is 0 Å². The number of benzene rings is 1. The van der Waals surface area contributed by atoms with Crippen molar-refractivity contribution in [2.24, 2.45) is 0 Å². The predicted octanol–water partition coefficient (Wildman–Crippen LogP) is 4.10. The van der Waals surface area contributed by atoms with E-state index in [1.54, 1.807) is 14.2 Å². The van der Waals surface area contributed by atoms with Crippen molar-refractivity contribution in [2.75, 3.05) is 20.8 Å². The van der Waals surface area contributed by atoms with E-state index in [1.165, 1.54) is 5.56 Å². The van der Waals surface area contributed by atoms with E-state index < -0.39 is 0 Å². The number of nitrogens with one attached hydrogen (secondary N) is 1. The van der Waals surface area contributed by atoms with Gasteiger partial charge in [-0.1, -0.05) is 13.0 Å². The Labute approximate surface area is 123 Å². The normalized spacial score (nSPS) is 11.9. The molecule has 0 aromatic heterocycles. The summed E-state index contributed by atoms with van der Waals surface area (Å²) in [4.78, 5) is 0. The van der Waals surface area contributed by atoms with Crippen molar-refractivity contribution >= 4 is 0 Å². The van der Waals surface area contributed by atoms with Gasteiger partial charge in [-0.3, -0.25) is 0 Å². The lowest BCUT2D eigenvalue weighted by atomic mass is 9.99. The molecule has 0 saturated carbocycles. The average molecular weight is 277 g/mol. The van der Waals surface area contributed by atoms with Gasteiger partial charge in [0.05, 0.1) is 14.2 Å². The van der Waals surface area contributed by atoms with Crippen molar-refractivity contribution in [2.45, 2.75) is 38.6 Å². The Morgan fingerprint density at radius 3 is 2.70 bits per heavy atom. The molecule has 1 N–H and O–H groups in total. The first-order valence-electron chi connectivity index (χ1n) is 7.33. The number of hydrogen-bond acceptors (Lipinski definition) is 3. The van der Waals surface area contributed by atoms with Crippen LogP contribution in [0, 0.1) is 0 Å². The van der Waals surface area contributed by atoms with E-state index in [0.29, 0.717) is 6.04 Å². The van der Waals surface area contributed by atoms with Gasteiger partial charge in [-0.15, -0.1) is 6.58 Å². The van der Waals surface area contributed by atoms with E-state index in [1.807, 2.05) is 18.2 Å². The van der Waals surface area contributed by atoms with Crippen LogP contribution in [0.3, 0.4) is 0 Å². The van der Waals surface area contributed by atoms with E-state index in [9.17, 15) is 0 Å². The van der Waals surface area contributed by atoms with E-state index >= 15 is 0 Å². The molecule has 1 rings (SSSR count). The molecule has 0 heterocycles. The minimum absolute atomic E-state index is 0.292. The maximum absolute atomic E-state index is 5.50. The number of ether oxygens (including phenoxy) is 2. The molecule has 20 heavy (non-hydrogen) atoms. The minimum atomic E-state index is 0.292. The van der Waals surface area contributed by atoms with Crippen LogP contribution in [0.15, 0.2) is 30.9 Å². The fourth-order valence-corrected chi connectivity index (χ4v) is 2.26. The van der Waals surface area contributed by atoms with Crippen molar-refractivity contribution in [3.63, 3.8) is 0 Å². The molecule has 0 aliphatic rings. The summed E-state index contributed by atoms with van der Waals surface area (Å²) in [6.07, 6.45) is 6.31. The van der Waals surface area contributed by atoms with Crippen LogP contribution in [0.4, 0.5) is 0 Å². The summed E-state index contributed by atoms with van der Waals surface area (Å²) in [5.41, 5.74) is 1.17. The number of rotatable bonds is 10. The standard InChI is InChI=1S/C17H27NO2/c1-5-7-8-9-16(18-12-6-2)15-13-14(19-3)10-11-17(15)20-4/h5,10-11,13,16,18H,1,6-9,12H2,2-4H3.